The monoisotopic (exact) mass is 315 g/mol. The van der Waals surface area contributed by atoms with Crippen molar-refractivity contribution in [3.63, 3.8) is 0 Å². The van der Waals surface area contributed by atoms with Crippen molar-refractivity contribution >= 4 is 0 Å². The third-order valence-corrected chi connectivity index (χ3v) is 3.46. The summed E-state index contributed by atoms with van der Waals surface area (Å²) in [5.74, 6) is 1.99. The topological polar surface area (TPSA) is 39.7 Å². The first-order valence-corrected chi connectivity index (χ1v) is 7.79. The first-order valence-electron chi connectivity index (χ1n) is 7.79. The van der Waals surface area contributed by atoms with Gasteiger partial charge >= 0.3 is 0 Å². The normalized spacial score (nSPS) is 10.7. The van der Waals surface area contributed by atoms with Crippen LogP contribution in [0.4, 0.5) is 0 Å². The second-order valence-corrected chi connectivity index (χ2v) is 5.64. The summed E-state index contributed by atoms with van der Waals surface area (Å²) in [6.45, 7) is 5.46. The Labute approximate surface area is 138 Å². The van der Waals surface area contributed by atoms with Gasteiger partial charge in [-0.1, -0.05) is 44.2 Å². The van der Waals surface area contributed by atoms with Gasteiger partial charge in [0, 0.05) is 12.6 Å². The van der Waals surface area contributed by atoms with E-state index < -0.39 is 0 Å². The number of methoxy groups -OCH3 is 2. The lowest BCUT2D eigenvalue weighted by atomic mass is 10.1. The Morgan fingerprint density at radius 3 is 2.04 bits per heavy atom. The number of nitrogens with one attached hydrogen (secondary N) is 1. The molecular weight excluding hydrogens is 290 g/mol. The number of benzene rings is 2. The molecule has 23 heavy (non-hydrogen) atoms. The summed E-state index contributed by atoms with van der Waals surface area (Å²) in [6, 6.07) is 14.4. The van der Waals surface area contributed by atoms with E-state index in [1.54, 1.807) is 14.2 Å². The molecule has 0 fully saturated rings. The van der Waals surface area contributed by atoms with Gasteiger partial charge in [-0.25, -0.2) is 0 Å². The van der Waals surface area contributed by atoms with Gasteiger partial charge in [0.05, 0.1) is 14.2 Å². The van der Waals surface area contributed by atoms with E-state index in [0.717, 1.165) is 17.7 Å². The van der Waals surface area contributed by atoms with Crippen LogP contribution in [0.25, 0.3) is 0 Å². The first-order chi connectivity index (χ1) is 11.1. The lowest BCUT2D eigenvalue weighted by Crippen LogP contribution is -2.21. The molecule has 0 aromatic heterocycles. The molecule has 0 amide bonds. The molecule has 4 nitrogen and oxygen atoms in total. The minimum Gasteiger partial charge on any atom is -0.493 e. The van der Waals surface area contributed by atoms with Gasteiger partial charge in [-0.3, -0.25) is 0 Å². The predicted molar refractivity (Wildman–Crippen MR) is 92.3 cm³/mol. The van der Waals surface area contributed by atoms with Crippen LogP contribution in [-0.4, -0.2) is 20.3 Å². The second kappa shape index (κ2) is 8.44. The van der Waals surface area contributed by atoms with Gasteiger partial charge in [0.2, 0.25) is 5.75 Å². The van der Waals surface area contributed by atoms with Gasteiger partial charge in [-0.15, -0.1) is 0 Å². The highest BCUT2D eigenvalue weighted by molar-refractivity contribution is 5.54. The summed E-state index contributed by atoms with van der Waals surface area (Å²) in [7, 11) is 3.29. The molecule has 0 unspecified atom stereocenters. The molecule has 0 saturated carbocycles. The molecule has 0 bridgehead atoms. The maximum Gasteiger partial charge on any atom is 0.203 e. The van der Waals surface area contributed by atoms with Crippen molar-refractivity contribution in [1.29, 1.82) is 0 Å². The van der Waals surface area contributed by atoms with Crippen LogP contribution in [0.15, 0.2) is 42.5 Å². The molecule has 2 aromatic rings. The Hall–Kier alpha value is -2.20. The van der Waals surface area contributed by atoms with E-state index in [1.165, 1.54) is 0 Å². The molecule has 4 heteroatoms. The molecule has 0 atom stereocenters. The van der Waals surface area contributed by atoms with Crippen molar-refractivity contribution in [2.75, 3.05) is 14.2 Å². The van der Waals surface area contributed by atoms with Crippen molar-refractivity contribution in [3.05, 3.63) is 53.6 Å². The third kappa shape index (κ3) is 4.89. The fraction of sp³-hybridized carbons (Fsp3) is 0.368. The van der Waals surface area contributed by atoms with E-state index in [4.69, 9.17) is 14.2 Å². The van der Waals surface area contributed by atoms with Crippen LogP contribution in [-0.2, 0) is 13.2 Å². The Morgan fingerprint density at radius 2 is 1.52 bits per heavy atom. The summed E-state index contributed by atoms with van der Waals surface area (Å²) in [5.41, 5.74) is 2.20. The van der Waals surface area contributed by atoms with E-state index in [1.807, 2.05) is 42.5 Å². The maximum atomic E-state index is 5.95. The number of ether oxygens (including phenoxy) is 3. The average molecular weight is 315 g/mol. The van der Waals surface area contributed by atoms with Crippen molar-refractivity contribution in [3.8, 4) is 17.2 Å². The summed E-state index contributed by atoms with van der Waals surface area (Å²) < 4.78 is 16.9. The van der Waals surface area contributed by atoms with E-state index in [-0.39, 0.29) is 0 Å². The van der Waals surface area contributed by atoms with E-state index in [2.05, 4.69) is 19.2 Å². The smallest absolute Gasteiger partial charge is 0.203 e. The lowest BCUT2D eigenvalue weighted by molar-refractivity contribution is 0.265. The van der Waals surface area contributed by atoms with Gasteiger partial charge in [-0.2, -0.15) is 0 Å². The molecule has 0 heterocycles. The summed E-state index contributed by atoms with van der Waals surface area (Å²) in [4.78, 5) is 0. The molecule has 2 rings (SSSR count). The molecule has 0 aliphatic carbocycles. The van der Waals surface area contributed by atoms with Gasteiger partial charge in [-0.05, 0) is 23.3 Å². The highest BCUT2D eigenvalue weighted by Crippen LogP contribution is 2.39. The standard InChI is InChI=1S/C19H25NO3/c1-14(2)20-12-16-10-17(21-3)19(18(11-16)22-4)23-13-15-8-6-5-7-9-15/h5-11,14,20H,12-13H2,1-4H3. The Balaban J connectivity index is 2.19. The van der Waals surface area contributed by atoms with E-state index in [9.17, 15) is 0 Å². The number of rotatable bonds is 8. The molecule has 1 N–H and O–H groups in total. The lowest BCUT2D eigenvalue weighted by Gasteiger charge is -2.17. The third-order valence-electron chi connectivity index (χ3n) is 3.46. The molecule has 0 aliphatic heterocycles. The van der Waals surface area contributed by atoms with Crippen molar-refractivity contribution in [2.45, 2.75) is 33.0 Å². The zero-order valence-corrected chi connectivity index (χ0v) is 14.3. The van der Waals surface area contributed by atoms with Crippen molar-refractivity contribution < 1.29 is 14.2 Å². The minimum absolute atomic E-state index is 0.418. The van der Waals surface area contributed by atoms with Crippen molar-refractivity contribution in [1.82, 2.24) is 5.32 Å². The first kappa shape index (κ1) is 17.2. The van der Waals surface area contributed by atoms with Crippen LogP contribution in [0.5, 0.6) is 17.2 Å². The molecule has 0 saturated heterocycles. The fourth-order valence-electron chi connectivity index (χ4n) is 2.23. The molecule has 2 aromatic carbocycles. The van der Waals surface area contributed by atoms with Crippen LogP contribution in [0, 0.1) is 0 Å². The zero-order chi connectivity index (χ0) is 16.7. The average Bonchev–Trinajstić information content (AvgIpc) is 2.58. The zero-order valence-electron chi connectivity index (χ0n) is 14.3. The van der Waals surface area contributed by atoms with Crippen molar-refractivity contribution in [2.24, 2.45) is 0 Å². The highest BCUT2D eigenvalue weighted by atomic mass is 16.5. The Bertz CT molecular complexity index is 586. The SMILES string of the molecule is COc1cc(CNC(C)C)cc(OC)c1OCc1ccccc1. The van der Waals surface area contributed by atoms with Crippen LogP contribution in [0.1, 0.15) is 25.0 Å². The van der Waals surface area contributed by atoms with Gasteiger partial charge in [0.1, 0.15) is 6.61 Å². The minimum atomic E-state index is 0.418. The molecule has 0 aliphatic rings. The van der Waals surface area contributed by atoms with Gasteiger partial charge < -0.3 is 19.5 Å². The maximum absolute atomic E-state index is 5.95. The van der Waals surface area contributed by atoms with E-state index >= 15 is 0 Å². The van der Waals surface area contributed by atoms with Crippen LogP contribution < -0.4 is 19.5 Å². The van der Waals surface area contributed by atoms with Gasteiger partial charge in [0.25, 0.3) is 0 Å². The van der Waals surface area contributed by atoms with E-state index in [0.29, 0.717) is 29.9 Å². The summed E-state index contributed by atoms with van der Waals surface area (Å²) in [6.07, 6.45) is 0. The van der Waals surface area contributed by atoms with Crippen LogP contribution >= 0.6 is 0 Å². The Morgan fingerprint density at radius 1 is 0.913 bits per heavy atom. The molecule has 0 spiro atoms. The second-order valence-electron chi connectivity index (χ2n) is 5.64. The summed E-state index contributed by atoms with van der Waals surface area (Å²) >= 11 is 0. The molecular formula is C19H25NO3. The molecule has 0 radical (unpaired) electrons. The van der Waals surface area contributed by atoms with Gasteiger partial charge in [0.15, 0.2) is 11.5 Å². The highest BCUT2D eigenvalue weighted by Gasteiger charge is 2.14. The number of hydrogen-bond donors (Lipinski definition) is 1. The van der Waals surface area contributed by atoms with Crippen LogP contribution in [0.2, 0.25) is 0 Å². The largest absolute Gasteiger partial charge is 0.493 e. The van der Waals surface area contributed by atoms with Crippen LogP contribution in [0.3, 0.4) is 0 Å². The predicted octanol–water partition coefficient (Wildman–Crippen LogP) is 3.78. The molecule has 124 valence electrons. The Kier molecular flexibility index (Phi) is 6.29. The summed E-state index contributed by atoms with van der Waals surface area (Å²) in [5, 5.41) is 3.39. The number of hydrogen-bond acceptors (Lipinski definition) is 4. The fourth-order valence-corrected chi connectivity index (χ4v) is 2.23. The quantitative estimate of drug-likeness (QED) is 0.805.